The van der Waals surface area contributed by atoms with E-state index in [1.54, 1.807) is 6.20 Å². The molecule has 1 saturated heterocycles. The van der Waals surface area contributed by atoms with Gasteiger partial charge in [-0.05, 0) is 32.1 Å². The summed E-state index contributed by atoms with van der Waals surface area (Å²) in [6, 6.07) is 3.13. The van der Waals surface area contributed by atoms with Gasteiger partial charge in [-0.1, -0.05) is 6.92 Å². The van der Waals surface area contributed by atoms with E-state index in [2.05, 4.69) is 27.1 Å². The molecule has 2 aliphatic rings. The van der Waals surface area contributed by atoms with Crippen LogP contribution >= 0.6 is 0 Å². The van der Waals surface area contributed by atoms with Gasteiger partial charge >= 0.3 is 0 Å². The van der Waals surface area contributed by atoms with Crippen molar-refractivity contribution in [2.24, 2.45) is 0 Å². The minimum atomic E-state index is 0.525. The minimum Gasteiger partial charge on any atom is -0.478 e. The molecule has 1 aliphatic carbocycles. The van der Waals surface area contributed by atoms with E-state index < -0.39 is 0 Å². The van der Waals surface area contributed by atoms with Crippen molar-refractivity contribution in [2.75, 3.05) is 24.6 Å². The molecule has 0 aromatic carbocycles. The van der Waals surface area contributed by atoms with Gasteiger partial charge in [-0.25, -0.2) is 4.98 Å². The number of rotatable bonds is 7. The Kier molecular flexibility index (Phi) is 4.35. The Bertz CT molecular complexity index is 436. The largest absolute Gasteiger partial charge is 0.478 e. The van der Waals surface area contributed by atoms with Gasteiger partial charge in [-0.3, -0.25) is 0 Å². The van der Waals surface area contributed by atoms with Gasteiger partial charge in [0.15, 0.2) is 0 Å². The first-order valence-electron chi connectivity index (χ1n) is 7.82. The molecule has 2 heterocycles. The fraction of sp³-hybridized carbons (Fsp3) is 0.733. The fourth-order valence-electron chi connectivity index (χ4n) is 2.66. The first-order valence-corrected chi connectivity index (χ1v) is 7.82. The summed E-state index contributed by atoms with van der Waals surface area (Å²) < 4.78 is 5.61. The van der Waals surface area contributed by atoms with Crippen molar-refractivity contribution in [1.29, 1.82) is 0 Å². The van der Waals surface area contributed by atoms with Crippen molar-refractivity contribution < 1.29 is 4.74 Å². The van der Waals surface area contributed by atoms with Crippen LogP contribution in [0.2, 0.25) is 0 Å². The van der Waals surface area contributed by atoms with Gasteiger partial charge in [0.2, 0.25) is 11.8 Å². The number of aromatic nitrogens is 2. The van der Waals surface area contributed by atoms with Crippen LogP contribution in [0.3, 0.4) is 0 Å². The molecule has 0 amide bonds. The Morgan fingerprint density at radius 1 is 1.40 bits per heavy atom. The third kappa shape index (κ3) is 3.39. The maximum Gasteiger partial charge on any atom is 0.228 e. The van der Waals surface area contributed by atoms with Gasteiger partial charge < -0.3 is 15.0 Å². The maximum atomic E-state index is 5.61. The van der Waals surface area contributed by atoms with E-state index >= 15 is 0 Å². The third-order valence-corrected chi connectivity index (χ3v) is 3.92. The highest BCUT2D eigenvalue weighted by molar-refractivity contribution is 5.35. The standard InChI is InChI=1S/C15H24N4O/c1-2-10-20-14-7-8-16-15(18-14)19-9-3-4-13(19)11-17-12-5-6-12/h7-8,12-13,17H,2-6,9-11H2,1H3. The summed E-state index contributed by atoms with van der Waals surface area (Å²) >= 11 is 0. The van der Waals surface area contributed by atoms with Crippen LogP contribution < -0.4 is 15.0 Å². The molecule has 1 aromatic heterocycles. The summed E-state index contributed by atoms with van der Waals surface area (Å²) in [5.74, 6) is 1.51. The predicted molar refractivity (Wildman–Crippen MR) is 79.2 cm³/mol. The molecule has 1 unspecified atom stereocenters. The normalized spacial score (nSPS) is 22.2. The van der Waals surface area contributed by atoms with Crippen LogP contribution in [0, 0.1) is 0 Å². The molecule has 2 fully saturated rings. The Balaban J connectivity index is 1.63. The van der Waals surface area contributed by atoms with Crippen molar-refractivity contribution in [1.82, 2.24) is 15.3 Å². The van der Waals surface area contributed by atoms with Gasteiger partial charge in [-0.2, -0.15) is 4.98 Å². The van der Waals surface area contributed by atoms with E-state index in [4.69, 9.17) is 4.74 Å². The zero-order chi connectivity index (χ0) is 13.8. The van der Waals surface area contributed by atoms with E-state index in [0.29, 0.717) is 18.5 Å². The Morgan fingerprint density at radius 2 is 2.30 bits per heavy atom. The van der Waals surface area contributed by atoms with Gasteiger partial charge in [0.1, 0.15) is 0 Å². The molecule has 0 spiro atoms. The lowest BCUT2D eigenvalue weighted by Crippen LogP contribution is -2.39. The topological polar surface area (TPSA) is 50.3 Å². The molecule has 110 valence electrons. The van der Waals surface area contributed by atoms with E-state index in [1.807, 2.05) is 6.07 Å². The maximum absolute atomic E-state index is 5.61. The smallest absolute Gasteiger partial charge is 0.228 e. The second kappa shape index (κ2) is 6.39. The average molecular weight is 276 g/mol. The molecular weight excluding hydrogens is 252 g/mol. The quantitative estimate of drug-likeness (QED) is 0.825. The first kappa shape index (κ1) is 13.6. The van der Waals surface area contributed by atoms with Crippen molar-refractivity contribution in [3.8, 4) is 5.88 Å². The lowest BCUT2D eigenvalue weighted by molar-refractivity contribution is 0.304. The summed E-state index contributed by atoms with van der Waals surface area (Å²) in [7, 11) is 0. The molecular formula is C15H24N4O. The predicted octanol–water partition coefficient (Wildman–Crippen LogP) is 1.99. The Morgan fingerprint density at radius 3 is 3.10 bits per heavy atom. The van der Waals surface area contributed by atoms with Crippen LogP contribution in [0.25, 0.3) is 0 Å². The molecule has 0 bridgehead atoms. The summed E-state index contributed by atoms with van der Waals surface area (Å²) in [5, 5.41) is 3.62. The highest BCUT2D eigenvalue weighted by Gasteiger charge is 2.29. The molecule has 1 N–H and O–H groups in total. The fourth-order valence-corrected chi connectivity index (χ4v) is 2.66. The molecule has 1 saturated carbocycles. The molecule has 1 atom stereocenters. The van der Waals surface area contributed by atoms with Crippen LogP contribution in [-0.4, -0.2) is 41.7 Å². The van der Waals surface area contributed by atoms with Gasteiger partial charge in [0, 0.05) is 37.4 Å². The molecule has 5 heteroatoms. The van der Waals surface area contributed by atoms with Gasteiger partial charge in [-0.15, -0.1) is 0 Å². The van der Waals surface area contributed by atoms with Gasteiger partial charge in [0.25, 0.3) is 0 Å². The summed E-state index contributed by atoms with van der Waals surface area (Å²) in [4.78, 5) is 11.3. The van der Waals surface area contributed by atoms with E-state index in [0.717, 1.165) is 31.5 Å². The lowest BCUT2D eigenvalue weighted by atomic mass is 10.2. The monoisotopic (exact) mass is 276 g/mol. The number of hydrogen-bond donors (Lipinski definition) is 1. The van der Waals surface area contributed by atoms with Crippen LogP contribution in [0.1, 0.15) is 39.0 Å². The Labute approximate surface area is 120 Å². The van der Waals surface area contributed by atoms with Crippen molar-refractivity contribution in [3.63, 3.8) is 0 Å². The summed E-state index contributed by atoms with van der Waals surface area (Å²) in [5.41, 5.74) is 0. The number of hydrogen-bond acceptors (Lipinski definition) is 5. The number of nitrogens with zero attached hydrogens (tertiary/aromatic N) is 3. The van der Waals surface area contributed by atoms with Crippen molar-refractivity contribution in [3.05, 3.63) is 12.3 Å². The van der Waals surface area contributed by atoms with Crippen LogP contribution in [0.4, 0.5) is 5.95 Å². The number of nitrogens with one attached hydrogen (secondary N) is 1. The van der Waals surface area contributed by atoms with Crippen LogP contribution in [-0.2, 0) is 0 Å². The van der Waals surface area contributed by atoms with E-state index in [1.165, 1.54) is 25.7 Å². The Hall–Kier alpha value is -1.36. The van der Waals surface area contributed by atoms with E-state index in [-0.39, 0.29) is 0 Å². The van der Waals surface area contributed by atoms with Crippen LogP contribution in [0.15, 0.2) is 12.3 Å². The zero-order valence-corrected chi connectivity index (χ0v) is 12.2. The molecule has 1 aromatic rings. The SMILES string of the molecule is CCCOc1ccnc(N2CCCC2CNC2CC2)n1. The molecule has 5 nitrogen and oxygen atoms in total. The molecule has 0 radical (unpaired) electrons. The highest BCUT2D eigenvalue weighted by atomic mass is 16.5. The number of anilines is 1. The zero-order valence-electron chi connectivity index (χ0n) is 12.2. The van der Waals surface area contributed by atoms with Crippen molar-refractivity contribution >= 4 is 5.95 Å². The summed E-state index contributed by atoms with van der Waals surface area (Å²) in [6.07, 6.45) is 7.92. The van der Waals surface area contributed by atoms with E-state index in [9.17, 15) is 0 Å². The van der Waals surface area contributed by atoms with Crippen LogP contribution in [0.5, 0.6) is 5.88 Å². The molecule has 1 aliphatic heterocycles. The molecule has 3 rings (SSSR count). The highest BCUT2D eigenvalue weighted by Crippen LogP contribution is 2.25. The average Bonchev–Trinajstić information content (AvgIpc) is 3.19. The second-order valence-electron chi connectivity index (χ2n) is 5.72. The minimum absolute atomic E-state index is 0.525. The van der Waals surface area contributed by atoms with Crippen molar-refractivity contribution in [2.45, 2.75) is 51.1 Å². The molecule has 20 heavy (non-hydrogen) atoms. The summed E-state index contributed by atoms with van der Waals surface area (Å²) in [6.45, 7) is 4.91. The van der Waals surface area contributed by atoms with Gasteiger partial charge in [0.05, 0.1) is 6.61 Å². The first-order chi connectivity index (χ1) is 9.86. The number of ether oxygens (including phenoxy) is 1. The third-order valence-electron chi connectivity index (χ3n) is 3.92. The lowest BCUT2D eigenvalue weighted by Gasteiger charge is -2.25. The second-order valence-corrected chi connectivity index (χ2v) is 5.72.